The van der Waals surface area contributed by atoms with E-state index in [1.807, 2.05) is 7.05 Å². The van der Waals surface area contributed by atoms with Crippen LogP contribution < -0.4 is 5.32 Å². The summed E-state index contributed by atoms with van der Waals surface area (Å²) in [5, 5.41) is 3.35. The normalized spacial score (nSPS) is 32.7. The number of rotatable bonds is 1. The molecule has 2 heteroatoms. The van der Waals surface area contributed by atoms with Crippen molar-refractivity contribution in [2.75, 3.05) is 7.05 Å². The summed E-state index contributed by atoms with van der Waals surface area (Å²) in [6, 6.07) is 0.469. The predicted molar refractivity (Wildman–Crippen MR) is 52.6 cm³/mol. The Labute approximate surface area is 80.1 Å². The van der Waals surface area contributed by atoms with E-state index in [-0.39, 0.29) is 0 Å². The fourth-order valence-corrected chi connectivity index (χ4v) is 3.19. The molecule has 0 heterocycles. The number of carbonyl (C=O) groups excluding carboxylic acids is 1. The van der Waals surface area contributed by atoms with Crippen molar-refractivity contribution >= 4 is 5.78 Å². The molecule has 2 aliphatic rings. The Kier molecular flexibility index (Phi) is 2.41. The molecule has 0 saturated heterocycles. The zero-order chi connectivity index (χ0) is 9.31. The topological polar surface area (TPSA) is 29.1 Å². The molecule has 2 rings (SSSR count). The molecule has 0 aromatic carbocycles. The molecule has 0 aliphatic heterocycles. The number of nitrogens with one attached hydrogen (secondary N) is 1. The van der Waals surface area contributed by atoms with Crippen LogP contribution in [0.15, 0.2) is 0 Å². The molecular weight excluding hydrogens is 162 g/mol. The standard InChI is InChI=1S/C11H19NO/c1-12-10-8-9(13)4-7-11(10)5-2-3-6-11/h10,12H,2-8H2,1H3. The summed E-state index contributed by atoms with van der Waals surface area (Å²) in [4.78, 5) is 11.3. The largest absolute Gasteiger partial charge is 0.316 e. The summed E-state index contributed by atoms with van der Waals surface area (Å²) in [7, 11) is 2.00. The van der Waals surface area contributed by atoms with Gasteiger partial charge in [-0.2, -0.15) is 0 Å². The van der Waals surface area contributed by atoms with E-state index in [0.717, 1.165) is 19.3 Å². The number of carbonyl (C=O) groups is 1. The number of hydrogen-bond donors (Lipinski definition) is 1. The fourth-order valence-electron chi connectivity index (χ4n) is 3.19. The molecule has 0 aromatic rings. The summed E-state index contributed by atoms with van der Waals surface area (Å²) in [5.41, 5.74) is 0.489. The molecular formula is C11H19NO. The van der Waals surface area contributed by atoms with Gasteiger partial charge in [-0.15, -0.1) is 0 Å². The fraction of sp³-hybridized carbons (Fsp3) is 0.909. The third kappa shape index (κ3) is 1.52. The SMILES string of the molecule is CNC1CC(=O)CCC12CCCC2. The van der Waals surface area contributed by atoms with Crippen molar-refractivity contribution in [2.24, 2.45) is 5.41 Å². The molecule has 74 valence electrons. The minimum absolute atomic E-state index is 0.455. The Hall–Kier alpha value is -0.370. The van der Waals surface area contributed by atoms with Gasteiger partial charge in [0.2, 0.25) is 0 Å². The van der Waals surface area contributed by atoms with Gasteiger partial charge < -0.3 is 5.32 Å². The Morgan fingerprint density at radius 2 is 2.00 bits per heavy atom. The van der Waals surface area contributed by atoms with Crippen LogP contribution in [-0.4, -0.2) is 18.9 Å². The highest BCUT2D eigenvalue weighted by atomic mass is 16.1. The quantitative estimate of drug-likeness (QED) is 0.669. The Bertz CT molecular complexity index is 206. The second-order valence-electron chi connectivity index (χ2n) is 4.65. The monoisotopic (exact) mass is 181 g/mol. The van der Waals surface area contributed by atoms with Gasteiger partial charge in [0, 0.05) is 18.9 Å². The molecule has 1 spiro atoms. The summed E-state index contributed by atoms with van der Waals surface area (Å²) in [6.45, 7) is 0. The van der Waals surface area contributed by atoms with Crippen LogP contribution in [0.3, 0.4) is 0 Å². The highest BCUT2D eigenvalue weighted by molar-refractivity contribution is 5.80. The van der Waals surface area contributed by atoms with Crippen molar-refractivity contribution in [3.63, 3.8) is 0 Å². The van der Waals surface area contributed by atoms with Gasteiger partial charge in [0.1, 0.15) is 5.78 Å². The molecule has 1 atom stereocenters. The van der Waals surface area contributed by atoms with Crippen molar-refractivity contribution in [1.82, 2.24) is 5.32 Å². The number of hydrogen-bond acceptors (Lipinski definition) is 2. The minimum atomic E-state index is 0.455. The first-order valence-corrected chi connectivity index (χ1v) is 5.46. The van der Waals surface area contributed by atoms with Gasteiger partial charge in [-0.3, -0.25) is 4.79 Å². The highest BCUT2D eigenvalue weighted by Gasteiger charge is 2.43. The molecule has 1 N–H and O–H groups in total. The van der Waals surface area contributed by atoms with Crippen molar-refractivity contribution in [3.05, 3.63) is 0 Å². The van der Waals surface area contributed by atoms with Crippen LogP contribution in [-0.2, 0) is 4.79 Å². The zero-order valence-corrected chi connectivity index (χ0v) is 8.44. The van der Waals surface area contributed by atoms with E-state index in [0.29, 0.717) is 17.2 Å². The van der Waals surface area contributed by atoms with E-state index in [4.69, 9.17) is 0 Å². The maximum Gasteiger partial charge on any atom is 0.134 e. The second-order valence-corrected chi connectivity index (χ2v) is 4.65. The third-order valence-corrected chi connectivity index (χ3v) is 4.02. The van der Waals surface area contributed by atoms with Crippen molar-refractivity contribution in [3.8, 4) is 0 Å². The molecule has 2 nitrogen and oxygen atoms in total. The van der Waals surface area contributed by atoms with Gasteiger partial charge in [-0.1, -0.05) is 12.8 Å². The second kappa shape index (κ2) is 3.41. The Morgan fingerprint density at radius 1 is 1.31 bits per heavy atom. The Morgan fingerprint density at radius 3 is 2.62 bits per heavy atom. The number of ketones is 1. The van der Waals surface area contributed by atoms with E-state index in [1.54, 1.807) is 0 Å². The van der Waals surface area contributed by atoms with Crippen LogP contribution in [0.2, 0.25) is 0 Å². The first kappa shape index (κ1) is 9.20. The van der Waals surface area contributed by atoms with Crippen molar-refractivity contribution in [1.29, 1.82) is 0 Å². The average molecular weight is 181 g/mol. The first-order chi connectivity index (χ1) is 6.27. The summed E-state index contributed by atoms with van der Waals surface area (Å²) in [5.74, 6) is 0.455. The summed E-state index contributed by atoms with van der Waals surface area (Å²) < 4.78 is 0. The average Bonchev–Trinajstić information content (AvgIpc) is 2.59. The Balaban J connectivity index is 2.12. The van der Waals surface area contributed by atoms with Gasteiger partial charge in [0.15, 0.2) is 0 Å². The van der Waals surface area contributed by atoms with Crippen LogP contribution in [0.5, 0.6) is 0 Å². The maximum atomic E-state index is 11.3. The van der Waals surface area contributed by atoms with E-state index < -0.39 is 0 Å². The lowest BCUT2D eigenvalue weighted by Gasteiger charge is -2.40. The van der Waals surface area contributed by atoms with Gasteiger partial charge in [0.25, 0.3) is 0 Å². The van der Waals surface area contributed by atoms with Gasteiger partial charge in [-0.05, 0) is 31.7 Å². The van der Waals surface area contributed by atoms with Crippen molar-refractivity contribution in [2.45, 2.75) is 51.0 Å². The van der Waals surface area contributed by atoms with E-state index in [2.05, 4.69) is 5.32 Å². The molecule has 13 heavy (non-hydrogen) atoms. The maximum absolute atomic E-state index is 11.3. The van der Waals surface area contributed by atoms with Crippen LogP contribution >= 0.6 is 0 Å². The van der Waals surface area contributed by atoms with Crippen LogP contribution in [0.1, 0.15) is 44.9 Å². The molecule has 0 radical (unpaired) electrons. The molecule has 0 bridgehead atoms. The zero-order valence-electron chi connectivity index (χ0n) is 8.44. The lowest BCUT2D eigenvalue weighted by molar-refractivity contribution is -0.123. The summed E-state index contributed by atoms with van der Waals surface area (Å²) >= 11 is 0. The molecule has 2 saturated carbocycles. The van der Waals surface area contributed by atoms with Crippen molar-refractivity contribution < 1.29 is 4.79 Å². The van der Waals surface area contributed by atoms with Gasteiger partial charge in [-0.25, -0.2) is 0 Å². The van der Waals surface area contributed by atoms with E-state index in [1.165, 1.54) is 25.7 Å². The molecule has 2 aliphatic carbocycles. The van der Waals surface area contributed by atoms with Gasteiger partial charge >= 0.3 is 0 Å². The predicted octanol–water partition coefficient (Wildman–Crippen LogP) is 1.89. The summed E-state index contributed by atoms with van der Waals surface area (Å²) in [6.07, 6.45) is 8.16. The molecule has 2 fully saturated rings. The number of Topliss-reactive ketones (excluding diaryl/α,β-unsaturated/α-hetero) is 1. The molecule has 0 amide bonds. The highest BCUT2D eigenvalue weighted by Crippen LogP contribution is 2.48. The third-order valence-electron chi connectivity index (χ3n) is 4.02. The van der Waals surface area contributed by atoms with Crippen LogP contribution in [0.25, 0.3) is 0 Å². The van der Waals surface area contributed by atoms with Crippen LogP contribution in [0.4, 0.5) is 0 Å². The molecule has 0 aromatic heterocycles. The molecule has 1 unspecified atom stereocenters. The lowest BCUT2D eigenvalue weighted by Crippen LogP contribution is -2.46. The van der Waals surface area contributed by atoms with Gasteiger partial charge in [0.05, 0.1) is 0 Å². The first-order valence-electron chi connectivity index (χ1n) is 5.46. The lowest BCUT2D eigenvalue weighted by atomic mass is 9.69. The van der Waals surface area contributed by atoms with Crippen LogP contribution in [0, 0.1) is 5.41 Å². The smallest absolute Gasteiger partial charge is 0.134 e. The van der Waals surface area contributed by atoms with E-state index in [9.17, 15) is 4.79 Å². The minimum Gasteiger partial charge on any atom is -0.316 e. The van der Waals surface area contributed by atoms with E-state index >= 15 is 0 Å².